The Morgan fingerprint density at radius 3 is 2.20 bits per heavy atom. The van der Waals surface area contributed by atoms with E-state index >= 15 is 0 Å². The van der Waals surface area contributed by atoms with Crippen molar-refractivity contribution >= 4 is 53.9 Å². The zero-order valence-electron chi connectivity index (χ0n) is 24.8. The molecule has 1 heterocycles. The van der Waals surface area contributed by atoms with Gasteiger partial charge in [0.2, 0.25) is 0 Å². The van der Waals surface area contributed by atoms with Gasteiger partial charge < -0.3 is 0 Å². The molecule has 2 aliphatic carbocycles. The van der Waals surface area contributed by atoms with Gasteiger partial charge in [-0.25, -0.2) is 4.98 Å². The lowest BCUT2D eigenvalue weighted by Gasteiger charge is -2.14. The molecule has 0 fully saturated rings. The van der Waals surface area contributed by atoms with Crippen LogP contribution >= 0.6 is 11.3 Å². The van der Waals surface area contributed by atoms with Crippen LogP contribution in [0.4, 0.5) is 0 Å². The summed E-state index contributed by atoms with van der Waals surface area (Å²) in [7, 11) is 0. The van der Waals surface area contributed by atoms with Gasteiger partial charge in [-0.15, -0.1) is 11.3 Å². The van der Waals surface area contributed by atoms with Crippen LogP contribution in [-0.2, 0) is 6.42 Å². The predicted molar refractivity (Wildman–Crippen MR) is 196 cm³/mol. The Balaban J connectivity index is 1.12. The van der Waals surface area contributed by atoms with Gasteiger partial charge in [-0.1, -0.05) is 121 Å². The Morgan fingerprint density at radius 1 is 0.457 bits per heavy atom. The van der Waals surface area contributed by atoms with Crippen LogP contribution in [0.5, 0.6) is 0 Å². The number of thiazole rings is 1. The Bertz CT molecular complexity index is 2770. The summed E-state index contributed by atoms with van der Waals surface area (Å²) in [6, 6.07) is 51.7. The van der Waals surface area contributed by atoms with Crippen LogP contribution in [0, 0.1) is 0 Å². The van der Waals surface area contributed by atoms with E-state index in [9.17, 15) is 0 Å². The first-order valence-corrected chi connectivity index (χ1v) is 16.7. The molecule has 0 N–H and O–H groups in total. The minimum atomic E-state index is 0.996. The van der Waals surface area contributed by atoms with Crippen LogP contribution in [0.1, 0.15) is 11.1 Å². The highest BCUT2D eigenvalue weighted by molar-refractivity contribution is 7.21. The third kappa shape index (κ3) is 3.26. The summed E-state index contributed by atoms with van der Waals surface area (Å²) in [5, 5.41) is 8.82. The first-order chi connectivity index (χ1) is 22.8. The first kappa shape index (κ1) is 24.7. The van der Waals surface area contributed by atoms with Crippen molar-refractivity contribution in [2.45, 2.75) is 6.42 Å². The minimum Gasteiger partial charge on any atom is -0.235 e. The SMILES string of the molecule is c1ccc(-c2nc3c(ccc4ccc5cc(-c6cccc7c6-c6cc8c(c9cccc-7c69)-c6ccccc6C8)ccc5c43)s2)cc1. The first-order valence-electron chi connectivity index (χ1n) is 15.9. The van der Waals surface area contributed by atoms with Crippen molar-refractivity contribution < 1.29 is 0 Å². The van der Waals surface area contributed by atoms with Gasteiger partial charge in [0.25, 0.3) is 0 Å². The molecule has 2 heteroatoms. The molecule has 46 heavy (non-hydrogen) atoms. The highest BCUT2D eigenvalue weighted by Crippen LogP contribution is 2.55. The summed E-state index contributed by atoms with van der Waals surface area (Å²) in [5.41, 5.74) is 15.9. The molecule has 0 radical (unpaired) electrons. The van der Waals surface area contributed by atoms with Crippen molar-refractivity contribution in [2.75, 3.05) is 0 Å². The summed E-state index contributed by atoms with van der Waals surface area (Å²) in [6.45, 7) is 0. The molecule has 0 unspecified atom stereocenters. The zero-order chi connectivity index (χ0) is 29.9. The lowest BCUT2D eigenvalue weighted by molar-refractivity contribution is 1.27. The number of nitrogens with zero attached hydrogens (tertiary/aromatic N) is 1. The highest BCUT2D eigenvalue weighted by atomic mass is 32.1. The highest BCUT2D eigenvalue weighted by Gasteiger charge is 2.30. The quantitative estimate of drug-likeness (QED) is 0.180. The van der Waals surface area contributed by atoms with Crippen LogP contribution < -0.4 is 0 Å². The van der Waals surface area contributed by atoms with Gasteiger partial charge in [0, 0.05) is 10.9 Å². The fourth-order valence-electron chi connectivity index (χ4n) is 8.26. The second kappa shape index (κ2) is 9.00. The Labute approximate surface area is 270 Å². The second-order valence-electron chi connectivity index (χ2n) is 12.6. The van der Waals surface area contributed by atoms with E-state index in [4.69, 9.17) is 4.98 Å². The summed E-state index contributed by atoms with van der Waals surface area (Å²) >= 11 is 1.77. The molecule has 1 aromatic heterocycles. The lowest BCUT2D eigenvalue weighted by atomic mass is 9.90. The van der Waals surface area contributed by atoms with Gasteiger partial charge in [-0.3, -0.25) is 0 Å². The topological polar surface area (TPSA) is 12.9 Å². The van der Waals surface area contributed by atoms with Gasteiger partial charge in [0.05, 0.1) is 10.2 Å². The molecular formula is C44H25NS. The fourth-order valence-corrected chi connectivity index (χ4v) is 9.24. The standard InChI is InChI=1S/C44H25NS/c1-2-8-26(9-3-1)44-45-43-38(46-44)21-19-25-16-17-28-22-29(18-20-33(28)40(25)43)32-12-6-13-34-35-14-7-15-36-39-30(24-37(41(32)34)42(35)36)23-27-10-4-5-11-31(27)39/h1-22,24H,23H2. The van der Waals surface area contributed by atoms with Crippen molar-refractivity contribution in [3.63, 3.8) is 0 Å². The lowest BCUT2D eigenvalue weighted by Crippen LogP contribution is -1.88. The van der Waals surface area contributed by atoms with E-state index in [1.807, 2.05) is 0 Å². The van der Waals surface area contributed by atoms with E-state index in [1.165, 1.54) is 98.2 Å². The van der Waals surface area contributed by atoms with Crippen molar-refractivity contribution in [3.05, 3.63) is 151 Å². The van der Waals surface area contributed by atoms with Crippen LogP contribution in [0.15, 0.2) is 140 Å². The van der Waals surface area contributed by atoms with Crippen molar-refractivity contribution in [1.82, 2.24) is 4.98 Å². The predicted octanol–water partition coefficient (Wildman–Crippen LogP) is 12.3. The average Bonchev–Trinajstić information content (AvgIpc) is 3.81. The molecule has 0 saturated carbocycles. The summed E-state index contributed by atoms with van der Waals surface area (Å²) in [5.74, 6) is 0. The van der Waals surface area contributed by atoms with Crippen LogP contribution in [0.3, 0.4) is 0 Å². The number of fused-ring (bicyclic) bond motifs is 12. The molecule has 0 aliphatic heterocycles. The van der Waals surface area contributed by atoms with E-state index in [2.05, 4.69) is 140 Å². The van der Waals surface area contributed by atoms with E-state index in [1.54, 1.807) is 11.3 Å². The number of hydrogen-bond acceptors (Lipinski definition) is 2. The van der Waals surface area contributed by atoms with Crippen LogP contribution in [0.25, 0.3) is 97.6 Å². The Kier molecular flexibility index (Phi) is 4.84. The molecule has 0 atom stereocenters. The Morgan fingerprint density at radius 2 is 1.24 bits per heavy atom. The van der Waals surface area contributed by atoms with Gasteiger partial charge in [-0.05, 0) is 107 Å². The number of hydrogen-bond donors (Lipinski definition) is 0. The fraction of sp³-hybridized carbons (Fsp3) is 0.0227. The molecule has 0 saturated heterocycles. The van der Waals surface area contributed by atoms with E-state index in [0.717, 1.165) is 16.9 Å². The molecule has 11 rings (SSSR count). The van der Waals surface area contributed by atoms with Gasteiger partial charge in [0.1, 0.15) is 5.01 Å². The third-order valence-electron chi connectivity index (χ3n) is 10.2. The summed E-state index contributed by atoms with van der Waals surface area (Å²) in [6.07, 6.45) is 0.996. The molecule has 2 aliphatic rings. The van der Waals surface area contributed by atoms with E-state index in [0.29, 0.717) is 0 Å². The van der Waals surface area contributed by atoms with Crippen LogP contribution in [-0.4, -0.2) is 4.98 Å². The molecule has 0 spiro atoms. The number of benzene rings is 8. The molecule has 212 valence electrons. The summed E-state index contributed by atoms with van der Waals surface area (Å²) < 4.78 is 1.23. The Hall–Kier alpha value is -5.57. The van der Waals surface area contributed by atoms with E-state index < -0.39 is 0 Å². The van der Waals surface area contributed by atoms with Gasteiger partial charge in [-0.2, -0.15) is 0 Å². The van der Waals surface area contributed by atoms with Gasteiger partial charge >= 0.3 is 0 Å². The second-order valence-corrected chi connectivity index (χ2v) is 13.7. The molecule has 0 bridgehead atoms. The number of aromatic nitrogens is 1. The minimum absolute atomic E-state index is 0.996. The molecule has 1 nitrogen and oxygen atoms in total. The average molecular weight is 600 g/mol. The zero-order valence-corrected chi connectivity index (χ0v) is 25.7. The molecular weight excluding hydrogens is 575 g/mol. The maximum absolute atomic E-state index is 5.20. The summed E-state index contributed by atoms with van der Waals surface area (Å²) in [4.78, 5) is 5.20. The molecule has 8 aromatic carbocycles. The number of rotatable bonds is 2. The van der Waals surface area contributed by atoms with Crippen molar-refractivity contribution in [1.29, 1.82) is 0 Å². The van der Waals surface area contributed by atoms with Crippen molar-refractivity contribution in [2.24, 2.45) is 0 Å². The van der Waals surface area contributed by atoms with Gasteiger partial charge in [0.15, 0.2) is 0 Å². The maximum Gasteiger partial charge on any atom is 0.124 e. The molecule has 0 amide bonds. The van der Waals surface area contributed by atoms with Crippen LogP contribution in [0.2, 0.25) is 0 Å². The smallest absolute Gasteiger partial charge is 0.124 e. The molecule has 9 aromatic rings. The normalized spacial score (nSPS) is 12.7. The third-order valence-corrected chi connectivity index (χ3v) is 11.3. The van der Waals surface area contributed by atoms with E-state index in [-0.39, 0.29) is 0 Å². The largest absolute Gasteiger partial charge is 0.235 e. The maximum atomic E-state index is 5.20. The van der Waals surface area contributed by atoms with Crippen molar-refractivity contribution in [3.8, 4) is 55.1 Å². The monoisotopic (exact) mass is 599 g/mol.